The van der Waals surface area contributed by atoms with Gasteiger partial charge in [0.1, 0.15) is 4.32 Å². The first-order chi connectivity index (χ1) is 9.29. The number of rotatable bonds is 5. The fourth-order valence-electron chi connectivity index (χ4n) is 1.32. The maximum Gasteiger partial charge on any atom is 0.416 e. The van der Waals surface area contributed by atoms with E-state index in [0.29, 0.717) is 16.5 Å². The quantitative estimate of drug-likeness (QED) is 0.633. The van der Waals surface area contributed by atoms with Crippen molar-refractivity contribution in [1.82, 2.24) is 0 Å². The summed E-state index contributed by atoms with van der Waals surface area (Å²) in [6.07, 6.45) is -3.91. The topological polar surface area (TPSA) is 49.3 Å². The number of alkyl halides is 3. The molecule has 3 nitrogen and oxygen atoms in total. The molecule has 0 saturated carbocycles. The van der Waals surface area contributed by atoms with Crippen molar-refractivity contribution in [3.8, 4) is 0 Å². The lowest BCUT2D eigenvalue weighted by Crippen LogP contribution is -2.09. The number of anilines is 1. The van der Waals surface area contributed by atoms with Crippen LogP contribution in [0.3, 0.4) is 0 Å². The summed E-state index contributed by atoms with van der Waals surface area (Å²) in [6.45, 7) is 0. The zero-order valence-corrected chi connectivity index (χ0v) is 11.9. The molecule has 0 amide bonds. The van der Waals surface area contributed by atoms with Crippen LogP contribution in [0.4, 0.5) is 18.9 Å². The van der Waals surface area contributed by atoms with Crippen molar-refractivity contribution in [3.63, 3.8) is 0 Å². The van der Waals surface area contributed by atoms with Gasteiger partial charge in [-0.2, -0.15) is 13.2 Å². The molecule has 0 fully saturated rings. The van der Waals surface area contributed by atoms with E-state index in [9.17, 15) is 18.0 Å². The van der Waals surface area contributed by atoms with E-state index >= 15 is 0 Å². The molecule has 0 aliphatic rings. The first-order valence-corrected chi connectivity index (χ1v) is 7.01. The van der Waals surface area contributed by atoms with Crippen molar-refractivity contribution in [3.05, 3.63) is 29.8 Å². The minimum atomic E-state index is -4.39. The average molecular weight is 323 g/mol. The maximum atomic E-state index is 12.5. The first kappa shape index (κ1) is 16.8. The number of benzene rings is 1. The van der Waals surface area contributed by atoms with E-state index in [-0.39, 0.29) is 12.1 Å². The highest BCUT2D eigenvalue weighted by molar-refractivity contribution is 8.23. The van der Waals surface area contributed by atoms with Gasteiger partial charge < -0.3 is 10.4 Å². The molecular weight excluding hydrogens is 311 g/mol. The standard InChI is InChI=1S/C12H12F3NO2S2/c13-12(14,15)8-3-1-4-9(7-8)16-11(19)20-6-2-5-10(17)18/h1,3-4,7H,2,5-6H2,(H,16,19)(H,17,18). The zero-order valence-electron chi connectivity index (χ0n) is 10.2. The summed E-state index contributed by atoms with van der Waals surface area (Å²) in [5.74, 6) is -0.390. The summed E-state index contributed by atoms with van der Waals surface area (Å²) < 4.78 is 37.8. The van der Waals surface area contributed by atoms with Gasteiger partial charge in [-0.15, -0.1) is 0 Å². The van der Waals surface area contributed by atoms with Gasteiger partial charge in [-0.1, -0.05) is 30.0 Å². The molecule has 0 aliphatic carbocycles. The largest absolute Gasteiger partial charge is 0.481 e. The monoisotopic (exact) mass is 323 g/mol. The highest BCUT2D eigenvalue weighted by atomic mass is 32.2. The van der Waals surface area contributed by atoms with E-state index in [1.54, 1.807) is 0 Å². The van der Waals surface area contributed by atoms with Crippen molar-refractivity contribution in [2.24, 2.45) is 0 Å². The van der Waals surface area contributed by atoms with Gasteiger partial charge in [0.15, 0.2) is 0 Å². The Hall–Kier alpha value is -1.28. The Labute approximate surface area is 123 Å². The summed E-state index contributed by atoms with van der Waals surface area (Å²) in [6, 6.07) is 4.74. The van der Waals surface area contributed by atoms with Crippen LogP contribution in [0.5, 0.6) is 0 Å². The fraction of sp³-hybridized carbons (Fsp3) is 0.333. The molecule has 110 valence electrons. The number of nitrogens with one attached hydrogen (secondary N) is 1. The Bertz CT molecular complexity index is 492. The number of carboxylic acids is 1. The molecule has 0 heterocycles. The lowest BCUT2D eigenvalue weighted by Gasteiger charge is -2.10. The first-order valence-electron chi connectivity index (χ1n) is 5.62. The normalized spacial score (nSPS) is 11.2. The summed E-state index contributed by atoms with van der Waals surface area (Å²) in [5, 5.41) is 11.1. The number of carbonyl (C=O) groups is 1. The van der Waals surface area contributed by atoms with E-state index < -0.39 is 17.7 Å². The number of thioether (sulfide) groups is 1. The van der Waals surface area contributed by atoms with Crippen molar-refractivity contribution >= 4 is 40.0 Å². The highest BCUT2D eigenvalue weighted by Crippen LogP contribution is 2.30. The second-order valence-corrected chi connectivity index (χ2v) is 5.61. The SMILES string of the molecule is O=C(O)CCCSC(=S)Nc1cccc(C(F)(F)F)c1. The molecule has 0 aromatic heterocycles. The third-order valence-electron chi connectivity index (χ3n) is 2.20. The summed E-state index contributed by atoms with van der Waals surface area (Å²) in [7, 11) is 0. The molecule has 20 heavy (non-hydrogen) atoms. The third kappa shape index (κ3) is 6.25. The van der Waals surface area contributed by atoms with Crippen LogP contribution in [0.15, 0.2) is 24.3 Å². The minimum absolute atomic E-state index is 0.0408. The molecule has 0 aliphatic heterocycles. The number of aliphatic carboxylic acids is 1. The van der Waals surface area contributed by atoms with Crippen LogP contribution >= 0.6 is 24.0 Å². The lowest BCUT2D eigenvalue weighted by atomic mass is 10.2. The molecule has 0 bridgehead atoms. The molecule has 1 aromatic carbocycles. The molecule has 0 saturated heterocycles. The van der Waals surface area contributed by atoms with Crippen LogP contribution in [0, 0.1) is 0 Å². The van der Waals surface area contributed by atoms with E-state index in [1.165, 1.54) is 23.9 Å². The molecule has 1 rings (SSSR count). The number of halogens is 3. The fourth-order valence-corrected chi connectivity index (χ4v) is 2.35. The minimum Gasteiger partial charge on any atom is -0.481 e. The van der Waals surface area contributed by atoms with Crippen LogP contribution in [0.25, 0.3) is 0 Å². The Kier molecular flexibility index (Phi) is 6.28. The number of hydrogen-bond donors (Lipinski definition) is 2. The van der Waals surface area contributed by atoms with Gasteiger partial charge in [0, 0.05) is 17.9 Å². The predicted octanol–water partition coefficient (Wildman–Crippen LogP) is 4.00. The van der Waals surface area contributed by atoms with Gasteiger partial charge in [0.25, 0.3) is 0 Å². The lowest BCUT2D eigenvalue weighted by molar-refractivity contribution is -0.138. The number of thiocarbonyl (C=S) groups is 1. The number of carboxylic acid groups (broad SMARTS) is 1. The van der Waals surface area contributed by atoms with Crippen LogP contribution in [-0.2, 0) is 11.0 Å². The summed E-state index contributed by atoms with van der Waals surface area (Å²) in [4.78, 5) is 10.3. The van der Waals surface area contributed by atoms with Gasteiger partial charge >= 0.3 is 12.1 Å². The maximum absolute atomic E-state index is 12.5. The van der Waals surface area contributed by atoms with E-state index in [4.69, 9.17) is 17.3 Å². The Morgan fingerprint density at radius 2 is 2.10 bits per heavy atom. The second-order valence-electron chi connectivity index (χ2n) is 3.84. The molecule has 1 aromatic rings. The van der Waals surface area contributed by atoms with Crippen molar-refractivity contribution in [2.75, 3.05) is 11.1 Å². The molecule has 0 atom stereocenters. The van der Waals surface area contributed by atoms with Crippen molar-refractivity contribution in [1.29, 1.82) is 0 Å². The molecule has 2 N–H and O–H groups in total. The van der Waals surface area contributed by atoms with Gasteiger partial charge in [-0.3, -0.25) is 4.79 Å². The summed E-state index contributed by atoms with van der Waals surface area (Å²) >= 11 is 6.18. The Morgan fingerprint density at radius 1 is 1.40 bits per heavy atom. The Balaban J connectivity index is 2.48. The molecular formula is C12H12F3NO2S2. The van der Waals surface area contributed by atoms with Crippen LogP contribution in [0.2, 0.25) is 0 Å². The zero-order chi connectivity index (χ0) is 15.2. The summed E-state index contributed by atoms with van der Waals surface area (Å²) in [5.41, 5.74) is -0.489. The van der Waals surface area contributed by atoms with E-state index in [1.807, 2.05) is 0 Å². The van der Waals surface area contributed by atoms with Gasteiger partial charge in [-0.05, 0) is 24.6 Å². The van der Waals surface area contributed by atoms with E-state index in [2.05, 4.69) is 5.32 Å². The predicted molar refractivity (Wildman–Crippen MR) is 77.0 cm³/mol. The number of hydrogen-bond acceptors (Lipinski definition) is 3. The van der Waals surface area contributed by atoms with Gasteiger partial charge in [0.2, 0.25) is 0 Å². The van der Waals surface area contributed by atoms with Crippen LogP contribution < -0.4 is 5.32 Å². The molecule has 0 spiro atoms. The Morgan fingerprint density at radius 3 is 2.70 bits per heavy atom. The van der Waals surface area contributed by atoms with Gasteiger partial charge in [0.05, 0.1) is 5.56 Å². The van der Waals surface area contributed by atoms with E-state index in [0.717, 1.165) is 12.1 Å². The third-order valence-corrected chi connectivity index (χ3v) is 3.52. The molecule has 0 radical (unpaired) electrons. The van der Waals surface area contributed by atoms with Crippen molar-refractivity contribution in [2.45, 2.75) is 19.0 Å². The molecule has 8 heteroatoms. The highest BCUT2D eigenvalue weighted by Gasteiger charge is 2.30. The van der Waals surface area contributed by atoms with Gasteiger partial charge in [-0.25, -0.2) is 0 Å². The second kappa shape index (κ2) is 7.49. The smallest absolute Gasteiger partial charge is 0.416 e. The molecule has 0 unspecified atom stereocenters. The van der Waals surface area contributed by atoms with Crippen molar-refractivity contribution < 1.29 is 23.1 Å². The van der Waals surface area contributed by atoms with Crippen LogP contribution in [-0.4, -0.2) is 21.1 Å². The van der Waals surface area contributed by atoms with Crippen LogP contribution in [0.1, 0.15) is 18.4 Å². The average Bonchev–Trinajstić information content (AvgIpc) is 2.34.